The number of phenolic OH excluding ortho intramolecular Hbond substituents is 1. The Morgan fingerprint density at radius 1 is 0.840 bits per heavy atom. The minimum Gasteiger partial charge on any atom is -0.505 e. The van der Waals surface area contributed by atoms with Crippen molar-refractivity contribution in [3.05, 3.63) is 74.7 Å². The second-order valence-electron chi connectivity index (χ2n) is 14.6. The minimum absolute atomic E-state index is 0.0199. The number of nitrogens with one attached hydrogen (secondary N) is 2. The molecular formula is C39H50Cl3N3O5. The average Bonchev–Trinajstić information content (AvgIpc) is 3.06. The summed E-state index contributed by atoms with van der Waals surface area (Å²) in [4.78, 5) is 31.2. The molecule has 272 valence electrons. The molecule has 0 bridgehead atoms. The van der Waals surface area contributed by atoms with Crippen molar-refractivity contribution in [3.8, 4) is 11.5 Å². The molecule has 1 atom stereocenters. The minimum atomic E-state index is -0.942. The van der Waals surface area contributed by atoms with E-state index in [0.717, 1.165) is 24.2 Å². The summed E-state index contributed by atoms with van der Waals surface area (Å²) in [5.74, 6) is -0.833. The Morgan fingerprint density at radius 2 is 1.46 bits per heavy atom. The monoisotopic (exact) mass is 745 g/mol. The summed E-state index contributed by atoms with van der Waals surface area (Å²) in [6, 6.07) is 14.1. The van der Waals surface area contributed by atoms with Gasteiger partial charge in [0.15, 0.2) is 24.0 Å². The molecule has 0 fully saturated rings. The van der Waals surface area contributed by atoms with E-state index in [4.69, 9.17) is 44.3 Å². The number of hydrogen-bond donors (Lipinski definition) is 3. The first-order valence-corrected chi connectivity index (χ1v) is 18.0. The molecule has 1 unspecified atom stereocenters. The highest BCUT2D eigenvalue weighted by Crippen LogP contribution is 2.39. The van der Waals surface area contributed by atoms with Gasteiger partial charge < -0.3 is 25.2 Å². The molecule has 1 amide bonds. The number of amides is 1. The number of nitrogens with zero attached hydrogens (tertiary/aromatic N) is 1. The third-order valence-corrected chi connectivity index (χ3v) is 9.91. The second kappa shape index (κ2) is 16.8. The highest BCUT2D eigenvalue weighted by molar-refractivity contribution is 6.68. The van der Waals surface area contributed by atoms with Gasteiger partial charge in [-0.15, -0.1) is 0 Å². The van der Waals surface area contributed by atoms with Crippen LogP contribution in [0, 0.1) is 5.41 Å². The summed E-state index contributed by atoms with van der Waals surface area (Å²) in [7, 11) is 0. The van der Waals surface area contributed by atoms with E-state index in [9.17, 15) is 14.7 Å². The number of halogens is 3. The van der Waals surface area contributed by atoms with E-state index in [0.29, 0.717) is 12.1 Å². The predicted molar refractivity (Wildman–Crippen MR) is 207 cm³/mol. The van der Waals surface area contributed by atoms with Gasteiger partial charge in [0.1, 0.15) is 12.0 Å². The van der Waals surface area contributed by atoms with Gasteiger partial charge in [-0.25, -0.2) is 4.99 Å². The molecule has 50 heavy (non-hydrogen) atoms. The maximum Gasteiger partial charge on any atom is 0.278 e. The molecule has 0 aliphatic heterocycles. The van der Waals surface area contributed by atoms with Crippen molar-refractivity contribution >= 4 is 69.3 Å². The van der Waals surface area contributed by atoms with Crippen molar-refractivity contribution < 1.29 is 24.2 Å². The lowest BCUT2D eigenvalue weighted by molar-refractivity contribution is -0.121. The summed E-state index contributed by atoms with van der Waals surface area (Å²) in [6.45, 7) is 20.3. The van der Waals surface area contributed by atoms with Crippen molar-refractivity contribution in [3.63, 3.8) is 0 Å². The lowest BCUT2D eigenvalue weighted by Gasteiger charge is -2.30. The number of carbonyl (C=O) groups is 2. The van der Waals surface area contributed by atoms with E-state index in [1.807, 2.05) is 13.0 Å². The number of hydrogen-bond acceptors (Lipinski definition) is 7. The van der Waals surface area contributed by atoms with E-state index >= 15 is 0 Å². The topological polar surface area (TPSA) is 109 Å². The van der Waals surface area contributed by atoms with Gasteiger partial charge in [-0.2, -0.15) is 0 Å². The fraction of sp³-hybridized carbons (Fsp3) is 0.462. The van der Waals surface area contributed by atoms with Crippen molar-refractivity contribution in [1.82, 2.24) is 0 Å². The van der Waals surface area contributed by atoms with Crippen LogP contribution in [0.15, 0.2) is 53.5 Å². The third-order valence-electron chi connectivity index (χ3n) is 9.01. The van der Waals surface area contributed by atoms with Crippen LogP contribution >= 0.6 is 34.8 Å². The number of aromatic hydroxyl groups is 1. The van der Waals surface area contributed by atoms with Crippen LogP contribution in [0.4, 0.5) is 17.1 Å². The lowest BCUT2D eigenvalue weighted by atomic mass is 9.76. The fourth-order valence-electron chi connectivity index (χ4n) is 4.83. The molecule has 11 heteroatoms. The summed E-state index contributed by atoms with van der Waals surface area (Å²) in [5, 5.41) is 16.1. The Morgan fingerprint density at radius 3 is 2.02 bits per heavy atom. The Kier molecular flexibility index (Phi) is 13.8. The first kappa shape index (κ1) is 41.1. The lowest BCUT2D eigenvalue weighted by Crippen LogP contribution is -2.37. The second-order valence-corrected chi connectivity index (χ2v) is 15.8. The molecule has 0 saturated heterocycles. The van der Waals surface area contributed by atoms with Gasteiger partial charge >= 0.3 is 0 Å². The Balaban J connectivity index is 1.80. The third kappa shape index (κ3) is 10.4. The normalized spacial score (nSPS) is 13.2. The Hall–Kier alpha value is -3.30. The smallest absolute Gasteiger partial charge is 0.278 e. The number of carbonyl (C=O) groups excluding carboxylic acids is 2. The molecule has 8 nitrogen and oxygen atoms in total. The molecule has 3 aromatic rings. The highest BCUT2D eigenvalue weighted by Gasteiger charge is 2.32. The van der Waals surface area contributed by atoms with Crippen molar-refractivity contribution in [2.24, 2.45) is 10.4 Å². The number of rotatable bonds is 15. The number of benzene rings is 3. The molecule has 0 aliphatic rings. The molecule has 0 radical (unpaired) electrons. The maximum atomic E-state index is 13.6. The molecule has 3 N–H and O–H groups in total. The van der Waals surface area contributed by atoms with Gasteiger partial charge in [-0.05, 0) is 72.1 Å². The summed E-state index contributed by atoms with van der Waals surface area (Å²) in [5.41, 5.74) is 2.06. The van der Waals surface area contributed by atoms with E-state index in [1.54, 1.807) is 39.0 Å². The van der Waals surface area contributed by atoms with Gasteiger partial charge in [0.25, 0.3) is 5.91 Å². The van der Waals surface area contributed by atoms with Crippen LogP contribution in [0.5, 0.6) is 11.5 Å². The predicted octanol–water partition coefficient (Wildman–Crippen LogP) is 11.3. The molecule has 3 aromatic carbocycles. The Bertz CT molecular complexity index is 1710. The number of phenols is 1. The van der Waals surface area contributed by atoms with E-state index < -0.39 is 23.3 Å². The number of anilines is 2. The van der Waals surface area contributed by atoms with Gasteiger partial charge in [-0.1, -0.05) is 116 Å². The summed E-state index contributed by atoms with van der Waals surface area (Å²) in [6.07, 6.45) is 2.16. The summed E-state index contributed by atoms with van der Waals surface area (Å²) < 4.78 is 12.3. The van der Waals surface area contributed by atoms with Crippen LogP contribution in [0.1, 0.15) is 99.6 Å². The molecule has 0 saturated carbocycles. The van der Waals surface area contributed by atoms with Gasteiger partial charge in [-0.3, -0.25) is 9.59 Å². The maximum absolute atomic E-state index is 13.6. The van der Waals surface area contributed by atoms with Gasteiger partial charge in [0, 0.05) is 16.7 Å². The zero-order valence-corrected chi connectivity index (χ0v) is 33.0. The highest BCUT2D eigenvalue weighted by atomic mass is 35.5. The van der Waals surface area contributed by atoms with E-state index in [-0.39, 0.29) is 55.5 Å². The average molecular weight is 747 g/mol. The van der Waals surface area contributed by atoms with Crippen molar-refractivity contribution in [2.75, 3.05) is 17.4 Å². The van der Waals surface area contributed by atoms with Crippen molar-refractivity contribution in [2.45, 2.75) is 106 Å². The number of Topliss-reactive ketones (excluding diaryl/α,β-unsaturated/α-hetero) is 1. The fourth-order valence-corrected chi connectivity index (χ4v) is 5.47. The number of ketones is 1. The molecule has 0 aliphatic carbocycles. The molecular weight excluding hydrogens is 697 g/mol. The van der Waals surface area contributed by atoms with Gasteiger partial charge in [0.2, 0.25) is 0 Å². The zero-order chi connectivity index (χ0) is 37.6. The number of aliphatic imine (C=N–C) groups is 1. The first-order valence-electron chi connectivity index (χ1n) is 16.8. The van der Waals surface area contributed by atoms with Gasteiger partial charge in [0.05, 0.1) is 26.4 Å². The summed E-state index contributed by atoms with van der Waals surface area (Å²) >= 11 is 18.6. The quantitative estimate of drug-likeness (QED) is 0.0811. The zero-order valence-electron chi connectivity index (χ0n) is 30.7. The van der Waals surface area contributed by atoms with Crippen LogP contribution in [0.2, 0.25) is 15.1 Å². The van der Waals surface area contributed by atoms with Crippen LogP contribution in [-0.2, 0) is 25.2 Å². The van der Waals surface area contributed by atoms with Crippen LogP contribution in [0.25, 0.3) is 0 Å². The molecule has 3 rings (SSSR count). The van der Waals surface area contributed by atoms with E-state index in [1.165, 1.54) is 17.7 Å². The largest absolute Gasteiger partial charge is 0.505 e. The van der Waals surface area contributed by atoms with Crippen LogP contribution < -0.4 is 15.4 Å². The SMILES string of the molecule is CCC(Nc1ccc(Cl)c(NC(=O)C(=Nc2cc(Cl)c(O)c(Cl)c2)C(=O)C(C)(C)C)c1)OCOc1ccc(C(C)(C)CC)cc1C(C)(C)CC. The molecule has 0 spiro atoms. The first-order chi connectivity index (χ1) is 23.2. The Labute approximate surface area is 311 Å². The number of ether oxygens (including phenoxy) is 2. The van der Waals surface area contributed by atoms with Crippen molar-refractivity contribution in [1.29, 1.82) is 0 Å². The molecule has 0 heterocycles. The van der Waals surface area contributed by atoms with E-state index in [2.05, 4.69) is 69.3 Å². The standard InChI is InChI=1S/C39H50Cl3N3O5/c1-11-32(50-22-49-31-17-14-23(38(7,8)12-2)18-26(31)39(9,10)13-3)43-24-15-16-27(40)30(21-24)45-36(48)33(35(47)37(4,5)6)44-25-19-28(41)34(46)29(42)20-25/h14-21,32,43,46H,11-13,22H2,1-10H3,(H,45,48). The molecule has 0 aromatic heterocycles. The van der Waals surface area contributed by atoms with Crippen LogP contribution in [0.3, 0.4) is 0 Å². The van der Waals surface area contributed by atoms with Crippen LogP contribution in [-0.4, -0.2) is 35.5 Å².